The van der Waals surface area contributed by atoms with Crippen LogP contribution in [0.4, 0.5) is 5.69 Å². The molecule has 0 bridgehead atoms. The van der Waals surface area contributed by atoms with Gasteiger partial charge in [-0.15, -0.1) is 0 Å². The van der Waals surface area contributed by atoms with Gasteiger partial charge < -0.3 is 5.32 Å². The molecule has 1 amide bonds. The molecule has 0 atom stereocenters. The van der Waals surface area contributed by atoms with Gasteiger partial charge in [-0.05, 0) is 25.1 Å². The Balaban J connectivity index is 2.47. The second-order valence-corrected chi connectivity index (χ2v) is 8.06. The average molecular weight is 417 g/mol. The smallest absolute Gasteiger partial charge is 0.239 e. The second-order valence-electron chi connectivity index (χ2n) is 6.16. The zero-order valence-electron chi connectivity index (χ0n) is 15.1. The molecule has 28 heavy (non-hydrogen) atoms. The highest BCUT2D eigenvalue weighted by molar-refractivity contribution is 7.89. The average Bonchev–Trinajstić information content (AvgIpc) is 2.61. The molecule has 0 spiro atoms. The number of hydrogen-bond acceptors (Lipinski definition) is 5. The number of carbonyl (C=O) groups is 1. The molecule has 0 unspecified atom stereocenters. The number of aryl methyl sites for hydroxylation is 1. The predicted octanol–water partition coefficient (Wildman–Crippen LogP) is 3.38. The first-order valence-corrected chi connectivity index (χ1v) is 10.1. The van der Waals surface area contributed by atoms with E-state index in [-0.39, 0.29) is 22.1 Å². The lowest BCUT2D eigenvalue weighted by atomic mass is 9.97. The molecular formula is C19H17ClN4O3S. The van der Waals surface area contributed by atoms with Gasteiger partial charge in [-0.3, -0.25) is 4.79 Å². The number of amides is 1. The van der Waals surface area contributed by atoms with Crippen LogP contribution in [0.25, 0.3) is 22.3 Å². The largest absolute Gasteiger partial charge is 0.326 e. The van der Waals surface area contributed by atoms with E-state index < -0.39 is 10.0 Å². The fourth-order valence-corrected chi connectivity index (χ4v) is 4.18. The minimum atomic E-state index is -4.21. The Kier molecular flexibility index (Phi) is 5.46. The molecule has 0 aliphatic heterocycles. The minimum absolute atomic E-state index is 0.153. The summed E-state index contributed by atoms with van der Waals surface area (Å²) in [6.07, 6.45) is 1.45. The van der Waals surface area contributed by atoms with E-state index >= 15 is 0 Å². The lowest BCUT2D eigenvalue weighted by Gasteiger charge is -2.19. The van der Waals surface area contributed by atoms with Gasteiger partial charge in [0.05, 0.1) is 22.5 Å². The quantitative estimate of drug-likeness (QED) is 0.676. The lowest BCUT2D eigenvalue weighted by molar-refractivity contribution is -0.114. The Morgan fingerprint density at radius 2 is 1.86 bits per heavy atom. The lowest BCUT2D eigenvalue weighted by Crippen LogP contribution is -2.17. The third kappa shape index (κ3) is 4.04. The first-order chi connectivity index (χ1) is 13.2. The molecule has 9 heteroatoms. The topological polar surface area (TPSA) is 115 Å². The molecule has 0 aliphatic carbocycles. The van der Waals surface area contributed by atoms with E-state index in [9.17, 15) is 13.2 Å². The number of nitrogens with one attached hydrogen (secondary N) is 1. The maximum Gasteiger partial charge on any atom is 0.239 e. The Labute approximate surface area is 167 Å². The number of carbonyl (C=O) groups excluding carboxylic acids is 1. The van der Waals surface area contributed by atoms with Crippen LogP contribution in [0.3, 0.4) is 0 Å². The predicted molar refractivity (Wildman–Crippen MR) is 108 cm³/mol. The summed E-state index contributed by atoms with van der Waals surface area (Å²) < 4.78 is 25.3. The Hall–Kier alpha value is -2.81. The van der Waals surface area contributed by atoms with E-state index in [1.807, 2.05) is 0 Å². The normalized spacial score (nSPS) is 11.3. The van der Waals surface area contributed by atoms with Crippen molar-refractivity contribution in [3.05, 3.63) is 59.4 Å². The van der Waals surface area contributed by atoms with Gasteiger partial charge in [0.2, 0.25) is 15.9 Å². The van der Waals surface area contributed by atoms with Crippen molar-refractivity contribution in [1.29, 1.82) is 0 Å². The number of sulfonamides is 1. The summed E-state index contributed by atoms with van der Waals surface area (Å²) in [5.41, 5.74) is 2.41. The van der Waals surface area contributed by atoms with Crippen LogP contribution < -0.4 is 10.5 Å². The van der Waals surface area contributed by atoms with Gasteiger partial charge in [-0.2, -0.15) is 10.2 Å². The molecule has 0 fully saturated rings. The highest BCUT2D eigenvalue weighted by Crippen LogP contribution is 2.42. The van der Waals surface area contributed by atoms with Crippen LogP contribution >= 0.6 is 11.6 Å². The molecule has 1 heterocycles. The molecule has 3 rings (SSSR count). The zero-order valence-corrected chi connectivity index (χ0v) is 16.7. The molecule has 144 valence electrons. The van der Waals surface area contributed by atoms with E-state index in [0.717, 1.165) is 0 Å². The number of rotatable bonds is 4. The Bertz CT molecular complexity index is 1180. The van der Waals surface area contributed by atoms with Crippen LogP contribution in [0.2, 0.25) is 5.02 Å². The minimum Gasteiger partial charge on any atom is -0.326 e. The zero-order chi connectivity index (χ0) is 20.5. The summed E-state index contributed by atoms with van der Waals surface area (Å²) in [6, 6.07) is 11.6. The molecule has 3 aromatic rings. The highest BCUT2D eigenvalue weighted by atomic mass is 35.5. The number of primary sulfonamides is 1. The Morgan fingerprint density at radius 1 is 1.14 bits per heavy atom. The van der Waals surface area contributed by atoms with Crippen LogP contribution in [-0.4, -0.2) is 24.5 Å². The highest BCUT2D eigenvalue weighted by Gasteiger charge is 2.26. The third-order valence-corrected chi connectivity index (χ3v) is 5.31. The van der Waals surface area contributed by atoms with Crippen molar-refractivity contribution >= 4 is 33.2 Å². The maximum absolute atomic E-state index is 12.6. The number of aromatic nitrogens is 2. The van der Waals surface area contributed by atoms with Crippen molar-refractivity contribution in [2.45, 2.75) is 18.7 Å². The van der Waals surface area contributed by atoms with Crippen LogP contribution in [-0.2, 0) is 14.8 Å². The molecule has 2 aromatic carbocycles. The Morgan fingerprint density at radius 3 is 2.46 bits per heavy atom. The van der Waals surface area contributed by atoms with Gasteiger partial charge in [-0.1, -0.05) is 35.9 Å². The molecule has 0 saturated heterocycles. The molecule has 0 radical (unpaired) electrons. The van der Waals surface area contributed by atoms with E-state index in [2.05, 4.69) is 15.5 Å². The standard InChI is InChI=1S/C19H17ClN4O3S/c1-11-9-13(10-22-24-11)14-7-8-17(23-12(2)25)18(19(14)28(21,26)27)15-5-3-4-6-16(15)20/h3-10H,1-2H3,(H,23,25)(H2,21,26,27). The van der Waals surface area contributed by atoms with Crippen molar-refractivity contribution in [2.75, 3.05) is 5.32 Å². The number of halogens is 1. The van der Waals surface area contributed by atoms with E-state index in [4.69, 9.17) is 16.7 Å². The van der Waals surface area contributed by atoms with E-state index in [0.29, 0.717) is 27.4 Å². The summed E-state index contributed by atoms with van der Waals surface area (Å²) in [5.74, 6) is -0.358. The van der Waals surface area contributed by atoms with Gasteiger partial charge in [0.15, 0.2) is 0 Å². The summed E-state index contributed by atoms with van der Waals surface area (Å²) in [4.78, 5) is 11.5. The van der Waals surface area contributed by atoms with Gasteiger partial charge in [0.25, 0.3) is 0 Å². The van der Waals surface area contributed by atoms with Crippen molar-refractivity contribution in [1.82, 2.24) is 10.2 Å². The molecule has 0 saturated carbocycles. The number of anilines is 1. The summed E-state index contributed by atoms with van der Waals surface area (Å²) in [7, 11) is -4.21. The maximum atomic E-state index is 12.6. The van der Waals surface area contributed by atoms with Gasteiger partial charge in [-0.25, -0.2) is 13.6 Å². The van der Waals surface area contributed by atoms with E-state index in [1.54, 1.807) is 49.4 Å². The first kappa shape index (κ1) is 19.9. The van der Waals surface area contributed by atoms with Gasteiger partial charge in [0, 0.05) is 34.2 Å². The fourth-order valence-electron chi connectivity index (χ4n) is 2.95. The van der Waals surface area contributed by atoms with Crippen LogP contribution in [0.15, 0.2) is 53.6 Å². The summed E-state index contributed by atoms with van der Waals surface area (Å²) in [5, 5.41) is 16.4. The molecule has 0 aliphatic rings. The fraction of sp³-hybridized carbons (Fsp3) is 0.105. The molecule has 7 nitrogen and oxygen atoms in total. The van der Waals surface area contributed by atoms with Crippen molar-refractivity contribution < 1.29 is 13.2 Å². The van der Waals surface area contributed by atoms with Gasteiger partial charge >= 0.3 is 0 Å². The van der Waals surface area contributed by atoms with Crippen molar-refractivity contribution in [3.8, 4) is 22.3 Å². The number of nitrogens with zero attached hydrogens (tertiary/aromatic N) is 2. The van der Waals surface area contributed by atoms with Crippen molar-refractivity contribution in [2.24, 2.45) is 5.14 Å². The van der Waals surface area contributed by atoms with E-state index in [1.165, 1.54) is 13.1 Å². The van der Waals surface area contributed by atoms with Crippen LogP contribution in [0.5, 0.6) is 0 Å². The summed E-state index contributed by atoms with van der Waals surface area (Å²) >= 11 is 6.34. The van der Waals surface area contributed by atoms with Gasteiger partial charge in [0.1, 0.15) is 0 Å². The number of benzene rings is 2. The van der Waals surface area contributed by atoms with Crippen molar-refractivity contribution in [3.63, 3.8) is 0 Å². The molecule has 3 N–H and O–H groups in total. The van der Waals surface area contributed by atoms with Crippen LogP contribution in [0, 0.1) is 6.92 Å². The number of nitrogens with two attached hydrogens (primary N) is 1. The SMILES string of the molecule is CC(=O)Nc1ccc(-c2cnnc(C)c2)c(S(N)(=O)=O)c1-c1ccccc1Cl. The third-order valence-electron chi connectivity index (χ3n) is 3.98. The number of hydrogen-bond donors (Lipinski definition) is 2. The monoisotopic (exact) mass is 416 g/mol. The summed E-state index contributed by atoms with van der Waals surface area (Å²) in [6.45, 7) is 3.07. The molecule has 1 aromatic heterocycles. The first-order valence-electron chi connectivity index (χ1n) is 8.20. The van der Waals surface area contributed by atoms with Crippen LogP contribution in [0.1, 0.15) is 12.6 Å². The second kappa shape index (κ2) is 7.67. The molecular weight excluding hydrogens is 400 g/mol.